The second-order valence-corrected chi connectivity index (χ2v) is 6.14. The van der Waals surface area contributed by atoms with Gasteiger partial charge in [0.15, 0.2) is 5.65 Å². The minimum absolute atomic E-state index is 0.0170. The van der Waals surface area contributed by atoms with Gasteiger partial charge in [-0.25, -0.2) is 4.98 Å². The molecule has 7 nitrogen and oxygen atoms in total. The summed E-state index contributed by atoms with van der Waals surface area (Å²) in [7, 11) is 0. The summed E-state index contributed by atoms with van der Waals surface area (Å²) in [5.74, 6) is -0.460. The van der Waals surface area contributed by atoms with Crippen molar-refractivity contribution in [3.05, 3.63) is 77.7 Å². The van der Waals surface area contributed by atoms with Gasteiger partial charge in [-0.15, -0.1) is 15.3 Å². The number of anilines is 1. The number of nitrogens with one attached hydrogen (secondary N) is 1. The standard InChI is InChI=1S/C19H15F3N6O/c20-19(21,22)18-26-25-16-7-6-15(27-28(16)18)24-11-14-8-9-23-17(10-14)29-12-13-4-2-1-3-5-13/h1-10H,11-12H2,(H,24,27). The first kappa shape index (κ1) is 18.7. The summed E-state index contributed by atoms with van der Waals surface area (Å²) in [4.78, 5) is 4.17. The summed E-state index contributed by atoms with van der Waals surface area (Å²) in [6.07, 6.45) is -3.03. The zero-order chi connectivity index (χ0) is 20.3. The van der Waals surface area contributed by atoms with Crippen molar-refractivity contribution in [1.29, 1.82) is 0 Å². The Balaban J connectivity index is 1.44. The number of fused-ring (bicyclic) bond motifs is 1. The average Bonchev–Trinajstić information content (AvgIpc) is 3.16. The van der Waals surface area contributed by atoms with E-state index >= 15 is 0 Å². The fourth-order valence-electron chi connectivity index (χ4n) is 2.62. The van der Waals surface area contributed by atoms with E-state index in [-0.39, 0.29) is 11.5 Å². The lowest BCUT2D eigenvalue weighted by molar-refractivity contribution is -0.146. The number of alkyl halides is 3. The van der Waals surface area contributed by atoms with E-state index in [0.717, 1.165) is 11.1 Å². The molecule has 4 rings (SSSR count). The van der Waals surface area contributed by atoms with Crippen LogP contribution in [0.5, 0.6) is 5.88 Å². The maximum absolute atomic E-state index is 13.0. The van der Waals surface area contributed by atoms with Crippen LogP contribution in [0.15, 0.2) is 60.8 Å². The Hall–Kier alpha value is -3.69. The SMILES string of the molecule is FC(F)(F)c1nnc2ccc(NCc3ccnc(OCc4ccccc4)c3)nn12. The number of hydrogen-bond donors (Lipinski definition) is 1. The second-order valence-electron chi connectivity index (χ2n) is 6.14. The van der Waals surface area contributed by atoms with Crippen LogP contribution in [-0.4, -0.2) is 24.8 Å². The van der Waals surface area contributed by atoms with Crippen molar-refractivity contribution in [2.45, 2.75) is 19.3 Å². The van der Waals surface area contributed by atoms with Crippen molar-refractivity contribution in [3.8, 4) is 5.88 Å². The maximum Gasteiger partial charge on any atom is 0.453 e. The highest BCUT2D eigenvalue weighted by atomic mass is 19.4. The molecule has 3 heterocycles. The van der Waals surface area contributed by atoms with Crippen molar-refractivity contribution >= 4 is 11.5 Å². The minimum Gasteiger partial charge on any atom is -0.473 e. The first-order valence-corrected chi connectivity index (χ1v) is 8.64. The van der Waals surface area contributed by atoms with Crippen LogP contribution in [0.3, 0.4) is 0 Å². The van der Waals surface area contributed by atoms with Gasteiger partial charge in [-0.1, -0.05) is 30.3 Å². The third-order valence-electron chi connectivity index (χ3n) is 4.02. The summed E-state index contributed by atoms with van der Waals surface area (Å²) >= 11 is 0. The van der Waals surface area contributed by atoms with Gasteiger partial charge in [-0.05, 0) is 29.3 Å². The van der Waals surface area contributed by atoms with E-state index in [1.54, 1.807) is 18.3 Å². The Morgan fingerprint density at radius 2 is 1.79 bits per heavy atom. The molecule has 0 bridgehead atoms. The molecule has 0 unspecified atom stereocenters. The number of benzene rings is 1. The number of ether oxygens (including phenoxy) is 1. The molecule has 148 valence electrons. The predicted octanol–water partition coefficient (Wildman–Crippen LogP) is 3.73. The third-order valence-corrected chi connectivity index (χ3v) is 4.02. The Morgan fingerprint density at radius 3 is 2.59 bits per heavy atom. The highest BCUT2D eigenvalue weighted by molar-refractivity contribution is 5.44. The molecule has 0 saturated heterocycles. The van der Waals surface area contributed by atoms with E-state index in [1.165, 1.54) is 12.1 Å². The Bertz CT molecular complexity index is 1110. The molecule has 0 aliphatic heterocycles. The molecule has 0 amide bonds. The molecule has 10 heteroatoms. The van der Waals surface area contributed by atoms with E-state index in [9.17, 15) is 13.2 Å². The maximum atomic E-state index is 13.0. The normalized spacial score (nSPS) is 11.6. The summed E-state index contributed by atoms with van der Waals surface area (Å²) in [5, 5.41) is 13.5. The molecule has 3 aromatic heterocycles. The molecule has 0 spiro atoms. The highest BCUT2D eigenvalue weighted by Crippen LogP contribution is 2.27. The summed E-state index contributed by atoms with van der Waals surface area (Å²) in [6, 6.07) is 16.2. The Morgan fingerprint density at radius 1 is 0.966 bits per heavy atom. The van der Waals surface area contributed by atoms with Crippen LogP contribution < -0.4 is 10.1 Å². The number of aromatic nitrogens is 5. The largest absolute Gasteiger partial charge is 0.473 e. The van der Waals surface area contributed by atoms with E-state index in [0.29, 0.717) is 23.5 Å². The first-order valence-electron chi connectivity index (χ1n) is 8.64. The van der Waals surface area contributed by atoms with E-state index in [4.69, 9.17) is 4.74 Å². The van der Waals surface area contributed by atoms with Crippen molar-refractivity contribution in [2.75, 3.05) is 5.32 Å². The van der Waals surface area contributed by atoms with Crippen LogP contribution in [0.2, 0.25) is 0 Å². The van der Waals surface area contributed by atoms with Crippen molar-refractivity contribution < 1.29 is 17.9 Å². The summed E-state index contributed by atoms with van der Waals surface area (Å²) in [5.41, 5.74) is 1.87. The van der Waals surface area contributed by atoms with Gasteiger partial charge in [-0.3, -0.25) is 0 Å². The van der Waals surface area contributed by atoms with Crippen LogP contribution in [0.25, 0.3) is 5.65 Å². The molecule has 0 saturated carbocycles. The lowest BCUT2D eigenvalue weighted by Gasteiger charge is -2.09. The zero-order valence-corrected chi connectivity index (χ0v) is 15.0. The molecule has 0 aliphatic rings. The molecule has 29 heavy (non-hydrogen) atoms. The molecule has 4 aromatic rings. The molecule has 0 fully saturated rings. The monoisotopic (exact) mass is 400 g/mol. The minimum atomic E-state index is -4.64. The molecule has 0 radical (unpaired) electrons. The molecule has 1 aromatic carbocycles. The number of halogens is 3. The molecule has 0 aliphatic carbocycles. The third kappa shape index (κ3) is 4.42. The van der Waals surface area contributed by atoms with Gasteiger partial charge in [0.1, 0.15) is 12.4 Å². The first-order chi connectivity index (χ1) is 14.0. The van der Waals surface area contributed by atoms with Crippen LogP contribution in [-0.2, 0) is 19.3 Å². The number of rotatable bonds is 6. The van der Waals surface area contributed by atoms with Crippen molar-refractivity contribution in [3.63, 3.8) is 0 Å². The average molecular weight is 400 g/mol. The van der Waals surface area contributed by atoms with Gasteiger partial charge in [-0.2, -0.15) is 17.7 Å². The van der Waals surface area contributed by atoms with Crippen LogP contribution in [0.1, 0.15) is 17.0 Å². The van der Waals surface area contributed by atoms with Crippen LogP contribution >= 0.6 is 0 Å². The van der Waals surface area contributed by atoms with Gasteiger partial charge in [0.2, 0.25) is 5.88 Å². The molecular weight excluding hydrogens is 385 g/mol. The Labute approximate surface area is 163 Å². The smallest absolute Gasteiger partial charge is 0.453 e. The number of pyridine rings is 1. The Kier molecular flexibility index (Phi) is 4.98. The van der Waals surface area contributed by atoms with Crippen molar-refractivity contribution in [2.24, 2.45) is 0 Å². The zero-order valence-electron chi connectivity index (χ0n) is 15.0. The van der Waals surface area contributed by atoms with Crippen LogP contribution in [0, 0.1) is 0 Å². The van der Waals surface area contributed by atoms with E-state index in [2.05, 4.69) is 25.6 Å². The highest BCUT2D eigenvalue weighted by Gasteiger charge is 2.37. The summed E-state index contributed by atoms with van der Waals surface area (Å²) < 4.78 is 45.3. The number of hydrogen-bond acceptors (Lipinski definition) is 6. The quantitative estimate of drug-likeness (QED) is 0.532. The van der Waals surface area contributed by atoms with Gasteiger partial charge in [0.05, 0.1) is 0 Å². The topological polar surface area (TPSA) is 77.2 Å². The lowest BCUT2D eigenvalue weighted by Crippen LogP contribution is -2.13. The van der Waals surface area contributed by atoms with Gasteiger partial charge < -0.3 is 10.1 Å². The predicted molar refractivity (Wildman–Crippen MR) is 98.1 cm³/mol. The summed E-state index contributed by atoms with van der Waals surface area (Å²) in [6.45, 7) is 0.711. The fraction of sp³-hybridized carbons (Fsp3) is 0.158. The number of nitrogens with zero attached hydrogens (tertiary/aromatic N) is 5. The fourth-order valence-corrected chi connectivity index (χ4v) is 2.62. The molecule has 1 N–H and O–H groups in total. The van der Waals surface area contributed by atoms with Crippen LogP contribution in [0.4, 0.5) is 19.0 Å². The van der Waals surface area contributed by atoms with E-state index in [1.807, 2.05) is 30.3 Å². The second kappa shape index (κ2) is 7.74. The van der Waals surface area contributed by atoms with Gasteiger partial charge >= 0.3 is 6.18 Å². The molecule has 0 atom stereocenters. The van der Waals surface area contributed by atoms with Gasteiger partial charge in [0.25, 0.3) is 5.82 Å². The van der Waals surface area contributed by atoms with Gasteiger partial charge in [0, 0.05) is 18.8 Å². The van der Waals surface area contributed by atoms with Crippen molar-refractivity contribution in [1.82, 2.24) is 24.8 Å². The molecular formula is C19H15F3N6O. The lowest BCUT2D eigenvalue weighted by atomic mass is 10.2. The van der Waals surface area contributed by atoms with E-state index < -0.39 is 12.0 Å².